The molecule has 0 atom stereocenters. The van der Waals surface area contributed by atoms with Crippen molar-refractivity contribution in [1.82, 2.24) is 20.3 Å². The van der Waals surface area contributed by atoms with E-state index in [9.17, 15) is 14.9 Å². The summed E-state index contributed by atoms with van der Waals surface area (Å²) in [7, 11) is 0. The van der Waals surface area contributed by atoms with Crippen LogP contribution >= 0.6 is 0 Å². The lowest BCUT2D eigenvalue weighted by molar-refractivity contribution is -0.383. The van der Waals surface area contributed by atoms with E-state index in [2.05, 4.69) is 50.0 Å². The SMILES string of the molecule is O=C(NNc1ncnc(N2CCN(C(c3ccccc3)c3ccccc3)CC2)c1[N+](=O)[O-])c1ccco1. The van der Waals surface area contributed by atoms with Crippen LogP contribution < -0.4 is 15.8 Å². The molecule has 0 saturated carbocycles. The lowest BCUT2D eigenvalue weighted by Crippen LogP contribution is -2.48. The molecule has 1 aliphatic rings. The second-order valence-electron chi connectivity index (χ2n) is 8.45. The van der Waals surface area contributed by atoms with Gasteiger partial charge in [-0.15, -0.1) is 0 Å². The first kappa shape index (κ1) is 23.9. The van der Waals surface area contributed by atoms with Crippen molar-refractivity contribution in [3.05, 3.63) is 112 Å². The third-order valence-corrected chi connectivity index (χ3v) is 6.23. The van der Waals surface area contributed by atoms with Gasteiger partial charge < -0.3 is 9.32 Å². The molecule has 2 aromatic carbocycles. The number of carbonyl (C=O) groups excluding carboxylic acids is 1. The lowest BCUT2D eigenvalue weighted by atomic mass is 9.96. The summed E-state index contributed by atoms with van der Waals surface area (Å²) in [4.78, 5) is 36.1. The predicted octanol–water partition coefficient (Wildman–Crippen LogP) is 3.65. The second-order valence-corrected chi connectivity index (χ2v) is 8.45. The van der Waals surface area contributed by atoms with Crippen molar-refractivity contribution in [2.75, 3.05) is 36.5 Å². The number of piperazine rings is 1. The van der Waals surface area contributed by atoms with Crippen LogP contribution in [0.4, 0.5) is 17.3 Å². The molecule has 1 aliphatic heterocycles. The minimum Gasteiger partial charge on any atom is -0.459 e. The first-order valence-electron chi connectivity index (χ1n) is 11.8. The minimum absolute atomic E-state index is 0.0620. The Labute approximate surface area is 212 Å². The van der Waals surface area contributed by atoms with E-state index in [1.54, 1.807) is 6.07 Å². The summed E-state index contributed by atoms with van der Waals surface area (Å²) in [6.07, 6.45) is 2.60. The average molecular weight is 500 g/mol. The number of nitrogens with one attached hydrogen (secondary N) is 2. The van der Waals surface area contributed by atoms with E-state index in [1.165, 1.54) is 29.8 Å². The van der Waals surface area contributed by atoms with Gasteiger partial charge in [-0.05, 0) is 23.3 Å². The number of aromatic nitrogens is 2. The van der Waals surface area contributed by atoms with Crippen LogP contribution in [0, 0.1) is 10.1 Å². The smallest absolute Gasteiger partial charge is 0.355 e. The number of benzene rings is 2. The van der Waals surface area contributed by atoms with Gasteiger partial charge in [0.25, 0.3) is 0 Å². The van der Waals surface area contributed by atoms with Gasteiger partial charge in [-0.1, -0.05) is 60.7 Å². The fourth-order valence-corrected chi connectivity index (χ4v) is 4.52. The van der Waals surface area contributed by atoms with Gasteiger partial charge in [-0.25, -0.2) is 9.97 Å². The van der Waals surface area contributed by atoms with Crippen molar-refractivity contribution >= 4 is 23.2 Å². The third kappa shape index (κ3) is 5.26. The molecule has 11 heteroatoms. The van der Waals surface area contributed by atoms with Crippen LogP contribution in [0.3, 0.4) is 0 Å². The number of rotatable bonds is 8. The summed E-state index contributed by atoms with van der Waals surface area (Å²) in [5.41, 5.74) is 6.99. The highest BCUT2D eigenvalue weighted by Gasteiger charge is 2.32. The molecule has 1 fully saturated rings. The summed E-state index contributed by atoms with van der Waals surface area (Å²) in [6, 6.07) is 23.7. The van der Waals surface area contributed by atoms with Gasteiger partial charge in [0, 0.05) is 26.2 Å². The van der Waals surface area contributed by atoms with Crippen LogP contribution in [-0.2, 0) is 0 Å². The van der Waals surface area contributed by atoms with Crippen molar-refractivity contribution in [1.29, 1.82) is 0 Å². The van der Waals surface area contributed by atoms with Crippen LogP contribution in [0.25, 0.3) is 0 Å². The molecule has 1 saturated heterocycles. The van der Waals surface area contributed by atoms with Gasteiger partial charge in [-0.2, -0.15) is 0 Å². The first-order chi connectivity index (χ1) is 18.1. The zero-order chi connectivity index (χ0) is 25.6. The number of amides is 1. The molecule has 2 aromatic heterocycles. The van der Waals surface area contributed by atoms with Crippen LogP contribution in [0.15, 0.2) is 89.8 Å². The molecular weight excluding hydrogens is 474 g/mol. The number of hydrogen-bond donors (Lipinski definition) is 2. The fraction of sp³-hybridized carbons (Fsp3) is 0.192. The number of carbonyl (C=O) groups is 1. The van der Waals surface area contributed by atoms with Gasteiger partial charge in [-0.3, -0.25) is 30.7 Å². The topological polar surface area (TPSA) is 130 Å². The van der Waals surface area contributed by atoms with E-state index < -0.39 is 10.8 Å². The Bertz CT molecular complexity index is 1300. The van der Waals surface area contributed by atoms with Gasteiger partial charge in [0.1, 0.15) is 6.33 Å². The molecule has 5 rings (SSSR count). The van der Waals surface area contributed by atoms with Crippen molar-refractivity contribution in [3.8, 4) is 0 Å². The first-order valence-corrected chi connectivity index (χ1v) is 11.8. The van der Waals surface area contributed by atoms with Gasteiger partial charge in [0.05, 0.1) is 17.2 Å². The highest BCUT2D eigenvalue weighted by atomic mass is 16.6. The largest absolute Gasteiger partial charge is 0.459 e. The molecule has 2 N–H and O–H groups in total. The summed E-state index contributed by atoms with van der Waals surface area (Å²) in [6.45, 7) is 2.42. The van der Waals surface area contributed by atoms with Crippen LogP contribution in [0.1, 0.15) is 27.7 Å². The highest BCUT2D eigenvalue weighted by molar-refractivity contribution is 5.92. The molecule has 1 amide bonds. The van der Waals surface area contributed by atoms with Crippen LogP contribution in [0.5, 0.6) is 0 Å². The number of hydrazine groups is 1. The van der Waals surface area contributed by atoms with E-state index in [0.29, 0.717) is 26.2 Å². The van der Waals surface area contributed by atoms with Crippen LogP contribution in [-0.4, -0.2) is 51.9 Å². The Morgan fingerprint density at radius 2 is 1.57 bits per heavy atom. The monoisotopic (exact) mass is 499 g/mol. The van der Waals surface area contributed by atoms with E-state index >= 15 is 0 Å². The quantitative estimate of drug-likeness (QED) is 0.276. The zero-order valence-electron chi connectivity index (χ0n) is 19.9. The minimum atomic E-state index is -0.582. The number of nitrogens with zero attached hydrogens (tertiary/aromatic N) is 5. The van der Waals surface area contributed by atoms with Crippen LogP contribution in [0.2, 0.25) is 0 Å². The Balaban J connectivity index is 1.34. The molecule has 0 radical (unpaired) electrons. The van der Waals surface area contributed by atoms with Gasteiger partial charge in [0.2, 0.25) is 11.6 Å². The van der Waals surface area contributed by atoms with E-state index in [4.69, 9.17) is 4.42 Å². The molecule has 11 nitrogen and oxygen atoms in total. The Morgan fingerprint density at radius 1 is 0.919 bits per heavy atom. The molecule has 3 heterocycles. The molecule has 188 valence electrons. The van der Waals surface area contributed by atoms with Gasteiger partial charge >= 0.3 is 11.6 Å². The molecule has 4 aromatic rings. The Morgan fingerprint density at radius 3 is 2.14 bits per heavy atom. The number of nitro groups is 1. The van der Waals surface area contributed by atoms with E-state index in [0.717, 1.165) is 0 Å². The standard InChI is InChI=1S/C26H25N7O4/c34-26(21-12-7-17-37-21)30-29-24-23(33(35)36)25(28-18-27-24)32-15-13-31(14-16-32)22(19-8-3-1-4-9-19)20-10-5-2-6-11-20/h1-12,17-18,22H,13-16H2,(H,30,34)(H,27,28,29). The summed E-state index contributed by atoms with van der Waals surface area (Å²) < 4.78 is 5.04. The van der Waals surface area contributed by atoms with Crippen molar-refractivity contribution < 1.29 is 14.1 Å². The second kappa shape index (κ2) is 10.9. The number of hydrogen-bond acceptors (Lipinski definition) is 9. The average Bonchev–Trinajstić information content (AvgIpc) is 3.49. The van der Waals surface area contributed by atoms with Crippen molar-refractivity contribution in [2.24, 2.45) is 0 Å². The maximum absolute atomic E-state index is 12.2. The van der Waals surface area contributed by atoms with E-state index in [-0.39, 0.29) is 29.1 Å². The predicted molar refractivity (Wildman–Crippen MR) is 137 cm³/mol. The lowest BCUT2D eigenvalue weighted by Gasteiger charge is -2.40. The zero-order valence-corrected chi connectivity index (χ0v) is 19.9. The number of furan rings is 1. The van der Waals surface area contributed by atoms with E-state index in [1.807, 2.05) is 41.3 Å². The van der Waals surface area contributed by atoms with Crippen molar-refractivity contribution in [3.63, 3.8) is 0 Å². The fourth-order valence-electron chi connectivity index (χ4n) is 4.52. The maximum atomic E-state index is 12.2. The maximum Gasteiger partial charge on any atom is 0.355 e. The third-order valence-electron chi connectivity index (χ3n) is 6.23. The highest BCUT2D eigenvalue weighted by Crippen LogP contribution is 2.34. The summed E-state index contributed by atoms with van der Waals surface area (Å²) >= 11 is 0. The Hall–Kier alpha value is -4.77. The molecule has 37 heavy (non-hydrogen) atoms. The Kier molecular flexibility index (Phi) is 7.04. The molecule has 0 spiro atoms. The van der Waals surface area contributed by atoms with Gasteiger partial charge in [0.15, 0.2) is 5.76 Å². The summed E-state index contributed by atoms with van der Waals surface area (Å²) in [5.74, 6) is -0.429. The normalized spacial score (nSPS) is 13.9. The molecule has 0 bridgehead atoms. The number of anilines is 2. The van der Waals surface area contributed by atoms with Crippen molar-refractivity contribution in [2.45, 2.75) is 6.04 Å². The molecule has 0 unspecified atom stereocenters. The molecule has 0 aliphatic carbocycles. The summed E-state index contributed by atoms with van der Waals surface area (Å²) in [5, 5.41) is 12.0. The molecular formula is C26H25N7O4.